The van der Waals surface area contributed by atoms with Gasteiger partial charge in [0, 0.05) is 46.9 Å². The predicted molar refractivity (Wildman–Crippen MR) is 145 cm³/mol. The number of rotatable bonds is 6. The number of aromatic nitrogens is 2. The number of halogens is 2. The van der Waals surface area contributed by atoms with E-state index in [2.05, 4.69) is 60.4 Å². The normalized spacial score (nSPS) is 26.0. The second kappa shape index (κ2) is 12.0. The lowest BCUT2D eigenvalue weighted by Crippen LogP contribution is -2.48. The van der Waals surface area contributed by atoms with Gasteiger partial charge in [0.05, 0.1) is 13.2 Å². The molecule has 2 unspecified atom stereocenters. The number of hydrogen-bond acceptors (Lipinski definition) is 5. The highest BCUT2D eigenvalue weighted by molar-refractivity contribution is 9.10. The van der Waals surface area contributed by atoms with E-state index in [9.17, 15) is 4.79 Å². The first-order valence-corrected chi connectivity index (χ1v) is 14.0. The standard InChI is InChI=1S/C28H32BrClN4O2/c29-21-6-2-19(3-7-21)25-18-23(34-14-16-36-17-15-34)10-11-24(25)28(35)33-26(27-31-12-1-13-32-27)20-4-8-22(30)9-5-20/h1-4,6-8,12-13,23-26H,5,9-11,14-18H2,(H,33,35)/t23-,24-,25?,26?/m1/s1. The van der Waals surface area contributed by atoms with Crippen LogP contribution >= 0.6 is 27.5 Å². The van der Waals surface area contributed by atoms with Crippen LogP contribution in [0.5, 0.6) is 0 Å². The summed E-state index contributed by atoms with van der Waals surface area (Å²) in [5.41, 5.74) is 2.30. The van der Waals surface area contributed by atoms with Crippen LogP contribution in [0, 0.1) is 5.92 Å². The molecule has 5 rings (SSSR count). The van der Waals surface area contributed by atoms with Crippen molar-refractivity contribution in [3.05, 3.63) is 81.3 Å². The molecule has 190 valence electrons. The molecule has 1 aliphatic heterocycles. The van der Waals surface area contributed by atoms with Crippen LogP contribution in [0.1, 0.15) is 55.5 Å². The van der Waals surface area contributed by atoms with E-state index in [-0.39, 0.29) is 23.8 Å². The van der Waals surface area contributed by atoms with Crippen molar-refractivity contribution in [1.29, 1.82) is 0 Å². The van der Waals surface area contributed by atoms with Gasteiger partial charge in [-0.25, -0.2) is 9.97 Å². The molecule has 1 aromatic carbocycles. The molecular formula is C28H32BrClN4O2. The second-order valence-corrected chi connectivity index (χ2v) is 11.2. The van der Waals surface area contributed by atoms with Crippen LogP contribution in [0.2, 0.25) is 0 Å². The van der Waals surface area contributed by atoms with Crippen molar-refractivity contribution in [2.75, 3.05) is 26.3 Å². The number of allylic oxidation sites excluding steroid dienone is 3. The second-order valence-electron chi connectivity index (χ2n) is 9.78. The molecule has 36 heavy (non-hydrogen) atoms. The molecule has 2 heterocycles. The Morgan fingerprint density at radius 3 is 2.53 bits per heavy atom. The van der Waals surface area contributed by atoms with Crippen molar-refractivity contribution in [1.82, 2.24) is 20.2 Å². The van der Waals surface area contributed by atoms with Gasteiger partial charge in [-0.05, 0) is 73.4 Å². The zero-order valence-electron chi connectivity index (χ0n) is 20.3. The van der Waals surface area contributed by atoms with Gasteiger partial charge in [-0.15, -0.1) is 0 Å². The maximum absolute atomic E-state index is 13.9. The summed E-state index contributed by atoms with van der Waals surface area (Å²) in [5, 5.41) is 4.17. The first-order chi connectivity index (χ1) is 17.6. The third-order valence-corrected chi connectivity index (χ3v) is 8.50. The van der Waals surface area contributed by atoms with Gasteiger partial charge in [-0.1, -0.05) is 45.7 Å². The number of nitrogens with zero attached hydrogens (tertiary/aromatic N) is 3. The van der Waals surface area contributed by atoms with Gasteiger partial charge >= 0.3 is 0 Å². The van der Waals surface area contributed by atoms with Crippen LogP contribution in [0.25, 0.3) is 0 Å². The number of carbonyl (C=O) groups is 1. The molecule has 0 spiro atoms. The Labute approximate surface area is 226 Å². The molecule has 4 atom stereocenters. The molecule has 2 fully saturated rings. The fourth-order valence-electron chi connectivity index (χ4n) is 5.72. The third kappa shape index (κ3) is 6.08. The SMILES string of the molecule is O=C(NC(C1=CC=C(Cl)CC1)c1ncccn1)[C@@H]1CC[C@@H](N2CCOCC2)CC1c1ccc(Br)cc1. The van der Waals surface area contributed by atoms with E-state index in [0.29, 0.717) is 11.9 Å². The summed E-state index contributed by atoms with van der Waals surface area (Å²) in [5.74, 6) is 0.720. The van der Waals surface area contributed by atoms with Crippen LogP contribution in [-0.4, -0.2) is 53.1 Å². The summed E-state index contributed by atoms with van der Waals surface area (Å²) < 4.78 is 6.63. The summed E-state index contributed by atoms with van der Waals surface area (Å²) in [4.78, 5) is 25.5. The molecule has 3 aliphatic rings. The number of benzene rings is 1. The van der Waals surface area contributed by atoms with Crippen LogP contribution < -0.4 is 5.32 Å². The first kappa shape index (κ1) is 25.6. The molecule has 6 nitrogen and oxygen atoms in total. The minimum Gasteiger partial charge on any atom is -0.379 e. The molecule has 0 bridgehead atoms. The molecular weight excluding hydrogens is 540 g/mol. The highest BCUT2D eigenvalue weighted by Crippen LogP contribution is 2.41. The number of hydrogen-bond donors (Lipinski definition) is 1. The molecule has 0 radical (unpaired) electrons. The minimum absolute atomic E-state index is 0.0716. The van der Waals surface area contributed by atoms with Crippen LogP contribution in [0.4, 0.5) is 0 Å². The van der Waals surface area contributed by atoms with Crippen molar-refractivity contribution in [2.24, 2.45) is 5.92 Å². The van der Waals surface area contributed by atoms with Gasteiger partial charge in [0.15, 0.2) is 5.82 Å². The Hall–Kier alpha value is -2.06. The highest BCUT2D eigenvalue weighted by atomic mass is 79.9. The fourth-order valence-corrected chi connectivity index (χ4v) is 6.14. The number of nitrogens with one attached hydrogen (secondary N) is 1. The summed E-state index contributed by atoms with van der Waals surface area (Å²) in [6.07, 6.45) is 11.7. The van der Waals surface area contributed by atoms with Gasteiger partial charge in [0.25, 0.3) is 0 Å². The van der Waals surface area contributed by atoms with Gasteiger partial charge in [0.2, 0.25) is 5.91 Å². The van der Waals surface area contributed by atoms with Crippen molar-refractivity contribution in [3.63, 3.8) is 0 Å². The van der Waals surface area contributed by atoms with E-state index in [0.717, 1.165) is 73.5 Å². The fraction of sp³-hybridized carbons (Fsp3) is 0.464. The van der Waals surface area contributed by atoms with Crippen LogP contribution in [-0.2, 0) is 9.53 Å². The van der Waals surface area contributed by atoms with Gasteiger partial charge in [-0.2, -0.15) is 0 Å². The molecule has 1 N–H and O–H groups in total. The molecule has 2 aliphatic carbocycles. The smallest absolute Gasteiger partial charge is 0.224 e. The van der Waals surface area contributed by atoms with Crippen molar-refractivity contribution >= 4 is 33.4 Å². The third-order valence-electron chi connectivity index (χ3n) is 7.65. The highest BCUT2D eigenvalue weighted by Gasteiger charge is 2.39. The maximum Gasteiger partial charge on any atom is 0.224 e. The Balaban J connectivity index is 1.40. The first-order valence-electron chi connectivity index (χ1n) is 12.8. The lowest BCUT2D eigenvalue weighted by Gasteiger charge is -2.42. The van der Waals surface area contributed by atoms with Crippen molar-refractivity contribution in [2.45, 2.75) is 50.1 Å². The van der Waals surface area contributed by atoms with Crippen LogP contribution in [0.15, 0.2) is 70.0 Å². The zero-order chi connectivity index (χ0) is 24.9. The lowest BCUT2D eigenvalue weighted by atomic mass is 9.72. The van der Waals surface area contributed by atoms with E-state index in [1.165, 1.54) is 5.56 Å². The lowest BCUT2D eigenvalue weighted by molar-refractivity contribution is -0.128. The average Bonchev–Trinajstić information content (AvgIpc) is 2.93. The summed E-state index contributed by atoms with van der Waals surface area (Å²) in [7, 11) is 0. The summed E-state index contributed by atoms with van der Waals surface area (Å²) in [6.45, 7) is 3.50. The minimum atomic E-state index is -0.359. The van der Waals surface area contributed by atoms with Gasteiger partial charge in [-0.3, -0.25) is 9.69 Å². The summed E-state index contributed by atoms with van der Waals surface area (Å²) in [6, 6.07) is 10.4. The number of amides is 1. The van der Waals surface area contributed by atoms with Crippen molar-refractivity contribution in [3.8, 4) is 0 Å². The Kier molecular flexibility index (Phi) is 8.52. The van der Waals surface area contributed by atoms with Crippen molar-refractivity contribution < 1.29 is 9.53 Å². The molecule has 1 saturated heterocycles. The molecule has 1 saturated carbocycles. The quantitative estimate of drug-likeness (QED) is 0.494. The Morgan fingerprint density at radius 2 is 1.83 bits per heavy atom. The zero-order valence-corrected chi connectivity index (χ0v) is 22.6. The van der Waals surface area contributed by atoms with E-state index in [1.807, 2.05) is 12.2 Å². The van der Waals surface area contributed by atoms with E-state index in [1.54, 1.807) is 18.5 Å². The van der Waals surface area contributed by atoms with Crippen LogP contribution in [0.3, 0.4) is 0 Å². The molecule has 2 aromatic rings. The summed E-state index contributed by atoms with van der Waals surface area (Å²) >= 11 is 9.78. The largest absolute Gasteiger partial charge is 0.379 e. The number of ether oxygens (including phenoxy) is 1. The average molecular weight is 572 g/mol. The Bertz CT molecular complexity index is 1100. The van der Waals surface area contributed by atoms with Gasteiger partial charge in [0.1, 0.15) is 6.04 Å². The topological polar surface area (TPSA) is 67.4 Å². The molecule has 8 heteroatoms. The van der Waals surface area contributed by atoms with E-state index in [4.69, 9.17) is 16.3 Å². The number of carbonyl (C=O) groups excluding carboxylic acids is 1. The monoisotopic (exact) mass is 570 g/mol. The molecule has 1 amide bonds. The van der Waals surface area contributed by atoms with Gasteiger partial charge < -0.3 is 10.1 Å². The maximum atomic E-state index is 13.9. The van der Waals surface area contributed by atoms with E-state index < -0.39 is 0 Å². The number of morpholine rings is 1. The van der Waals surface area contributed by atoms with E-state index >= 15 is 0 Å². The predicted octanol–water partition coefficient (Wildman–Crippen LogP) is 5.52. The Morgan fingerprint density at radius 1 is 1.08 bits per heavy atom. The molecule has 1 aromatic heterocycles.